The number of amides is 1. The Hall–Kier alpha value is -1.34. The first-order chi connectivity index (χ1) is 11.7. The number of hydrogen-bond donors (Lipinski definition) is 2. The lowest BCUT2D eigenvalue weighted by Gasteiger charge is -2.32. The molecule has 1 aliphatic carbocycles. The number of aromatic nitrogens is 1. The van der Waals surface area contributed by atoms with Gasteiger partial charge in [0.05, 0.1) is 10.6 Å². The van der Waals surface area contributed by atoms with Crippen LogP contribution in [0.3, 0.4) is 0 Å². The van der Waals surface area contributed by atoms with Crippen LogP contribution in [0.25, 0.3) is 0 Å². The fourth-order valence-corrected chi connectivity index (χ4v) is 3.46. The monoisotopic (exact) mass is 414 g/mol. The number of carbonyl (C=O) groups excluding carboxylic acids is 1. The molecule has 25 heavy (non-hydrogen) atoms. The number of nitrogens with zero attached hydrogens (tertiary/aromatic N) is 1. The van der Waals surface area contributed by atoms with Gasteiger partial charge in [-0.05, 0) is 48.0 Å². The lowest BCUT2D eigenvalue weighted by atomic mass is 9.86. The summed E-state index contributed by atoms with van der Waals surface area (Å²) in [6.45, 7) is 3.70. The molecule has 1 aromatic rings. The van der Waals surface area contributed by atoms with Crippen molar-refractivity contribution in [3.8, 4) is 5.75 Å². The number of hydrogen-bond acceptors (Lipinski definition) is 4. The van der Waals surface area contributed by atoms with Crippen molar-refractivity contribution in [2.45, 2.75) is 58.1 Å². The lowest BCUT2D eigenvalue weighted by molar-refractivity contribution is -0.131. The van der Waals surface area contributed by atoms with E-state index in [-0.39, 0.29) is 30.2 Å². The Morgan fingerprint density at radius 2 is 2.04 bits per heavy atom. The van der Waals surface area contributed by atoms with Crippen molar-refractivity contribution in [3.63, 3.8) is 0 Å². The molecule has 7 heteroatoms. The molecule has 0 aliphatic heterocycles. The van der Waals surface area contributed by atoms with Gasteiger partial charge in [-0.2, -0.15) is 0 Å². The minimum atomic E-state index is -0.558. The van der Waals surface area contributed by atoms with Crippen LogP contribution in [0.5, 0.6) is 5.75 Å². The number of aryl methyl sites for hydroxylation is 1. The second-order valence-electron chi connectivity index (χ2n) is 7.36. The second-order valence-corrected chi connectivity index (χ2v) is 8.21. The molecule has 0 spiro atoms. The van der Waals surface area contributed by atoms with Gasteiger partial charge < -0.3 is 19.7 Å². The maximum Gasteiger partial charge on any atom is 0.254 e. The van der Waals surface area contributed by atoms with Crippen LogP contribution < -0.4 is 15.6 Å². The van der Waals surface area contributed by atoms with Crippen molar-refractivity contribution < 1.29 is 14.6 Å². The predicted octanol–water partition coefficient (Wildman–Crippen LogP) is 2.36. The largest absolute Gasteiger partial charge is 0.489 e. The maximum absolute atomic E-state index is 12.3. The first-order valence-corrected chi connectivity index (χ1v) is 9.47. The van der Waals surface area contributed by atoms with Gasteiger partial charge in [-0.25, -0.2) is 0 Å². The average Bonchev–Trinajstić information content (AvgIpc) is 2.54. The van der Waals surface area contributed by atoms with Crippen molar-refractivity contribution in [2.24, 2.45) is 12.5 Å². The molecule has 1 saturated carbocycles. The first kappa shape index (κ1) is 20.0. The molecule has 6 nitrogen and oxygen atoms in total. The number of ether oxygens (including phenoxy) is 1. The Morgan fingerprint density at radius 1 is 1.40 bits per heavy atom. The molecule has 2 rings (SSSR count). The zero-order valence-corrected chi connectivity index (χ0v) is 16.6. The SMILES string of the molecule is Cn1cc(Br)c(O[C@H]2CC[C@H](NC(=O)C(C)(C)CCO)CC2)cc1=O. The summed E-state index contributed by atoms with van der Waals surface area (Å²) in [6, 6.07) is 1.63. The third kappa shape index (κ3) is 5.31. The van der Waals surface area contributed by atoms with Gasteiger partial charge in [0, 0.05) is 37.4 Å². The molecule has 0 saturated heterocycles. The predicted molar refractivity (Wildman–Crippen MR) is 99.7 cm³/mol. The molecule has 2 N–H and O–H groups in total. The van der Waals surface area contributed by atoms with E-state index in [0.29, 0.717) is 12.2 Å². The Morgan fingerprint density at radius 3 is 2.64 bits per heavy atom. The van der Waals surface area contributed by atoms with E-state index in [1.54, 1.807) is 13.2 Å². The van der Waals surface area contributed by atoms with E-state index in [1.165, 1.54) is 10.6 Å². The van der Waals surface area contributed by atoms with E-state index in [0.717, 1.165) is 30.2 Å². The van der Waals surface area contributed by atoms with Gasteiger partial charge in [0.2, 0.25) is 5.91 Å². The summed E-state index contributed by atoms with van der Waals surface area (Å²) in [5.41, 5.74) is -0.665. The van der Waals surface area contributed by atoms with Gasteiger partial charge in [-0.3, -0.25) is 9.59 Å². The third-order valence-corrected chi connectivity index (χ3v) is 5.39. The summed E-state index contributed by atoms with van der Waals surface area (Å²) < 4.78 is 8.23. The highest BCUT2D eigenvalue weighted by atomic mass is 79.9. The first-order valence-electron chi connectivity index (χ1n) is 8.67. The molecular formula is C18H27BrN2O4. The molecule has 0 unspecified atom stereocenters. The summed E-state index contributed by atoms with van der Waals surface area (Å²) in [7, 11) is 1.70. The van der Waals surface area contributed by atoms with Crippen LogP contribution in [0.15, 0.2) is 21.5 Å². The van der Waals surface area contributed by atoms with Gasteiger partial charge in [-0.1, -0.05) is 13.8 Å². The fourth-order valence-electron chi connectivity index (χ4n) is 2.95. The topological polar surface area (TPSA) is 80.6 Å². The molecule has 1 heterocycles. The number of halogens is 1. The number of pyridine rings is 1. The Balaban J connectivity index is 1.87. The highest BCUT2D eigenvalue weighted by Crippen LogP contribution is 2.29. The van der Waals surface area contributed by atoms with Crippen molar-refractivity contribution in [2.75, 3.05) is 6.61 Å². The highest BCUT2D eigenvalue weighted by molar-refractivity contribution is 9.10. The van der Waals surface area contributed by atoms with Crippen LogP contribution in [0, 0.1) is 5.41 Å². The minimum absolute atomic E-state index is 0.00637. The zero-order valence-electron chi connectivity index (χ0n) is 15.0. The molecule has 0 atom stereocenters. The number of carbonyl (C=O) groups is 1. The van der Waals surface area contributed by atoms with Crippen LogP contribution in [0.2, 0.25) is 0 Å². The molecule has 1 fully saturated rings. The van der Waals surface area contributed by atoms with Crippen molar-refractivity contribution in [1.82, 2.24) is 9.88 Å². The van der Waals surface area contributed by atoms with Crippen molar-refractivity contribution in [3.05, 3.63) is 27.1 Å². The quantitative estimate of drug-likeness (QED) is 0.748. The summed E-state index contributed by atoms with van der Waals surface area (Å²) in [4.78, 5) is 24.1. The smallest absolute Gasteiger partial charge is 0.254 e. The van der Waals surface area contributed by atoms with Crippen LogP contribution in [-0.4, -0.2) is 34.3 Å². The molecule has 1 aliphatic rings. The van der Waals surface area contributed by atoms with Gasteiger partial charge in [0.25, 0.3) is 5.56 Å². The molecule has 1 amide bonds. The molecule has 0 bridgehead atoms. The van der Waals surface area contributed by atoms with Crippen LogP contribution in [0.1, 0.15) is 46.0 Å². The Kier molecular flexibility index (Phi) is 6.68. The molecule has 0 aromatic carbocycles. The molecular weight excluding hydrogens is 388 g/mol. The second kappa shape index (κ2) is 8.36. The number of nitrogens with one attached hydrogen (secondary N) is 1. The van der Waals surface area contributed by atoms with Crippen LogP contribution in [0.4, 0.5) is 0 Å². The van der Waals surface area contributed by atoms with Gasteiger partial charge >= 0.3 is 0 Å². The summed E-state index contributed by atoms with van der Waals surface area (Å²) in [5.74, 6) is 0.555. The number of rotatable bonds is 6. The lowest BCUT2D eigenvalue weighted by Crippen LogP contribution is -2.45. The summed E-state index contributed by atoms with van der Waals surface area (Å²) in [6.07, 6.45) is 5.53. The Bertz CT molecular complexity index is 664. The van der Waals surface area contributed by atoms with E-state index in [1.807, 2.05) is 13.8 Å². The Labute approximate surface area is 156 Å². The van der Waals surface area contributed by atoms with Crippen molar-refractivity contribution >= 4 is 21.8 Å². The van der Waals surface area contributed by atoms with Gasteiger partial charge in [-0.15, -0.1) is 0 Å². The van der Waals surface area contributed by atoms with E-state index in [9.17, 15) is 9.59 Å². The normalized spacial score (nSPS) is 21.0. The summed E-state index contributed by atoms with van der Waals surface area (Å²) >= 11 is 3.43. The maximum atomic E-state index is 12.3. The van der Waals surface area contributed by atoms with E-state index >= 15 is 0 Å². The van der Waals surface area contributed by atoms with Crippen molar-refractivity contribution in [1.29, 1.82) is 0 Å². The minimum Gasteiger partial charge on any atom is -0.489 e. The third-order valence-electron chi connectivity index (χ3n) is 4.80. The molecule has 140 valence electrons. The molecule has 1 aromatic heterocycles. The van der Waals surface area contributed by atoms with Gasteiger partial charge in [0.1, 0.15) is 5.75 Å². The zero-order chi connectivity index (χ0) is 18.6. The van der Waals surface area contributed by atoms with E-state index < -0.39 is 5.41 Å². The number of aliphatic hydroxyl groups excluding tert-OH is 1. The van der Waals surface area contributed by atoms with E-state index in [2.05, 4.69) is 21.2 Å². The standard InChI is InChI=1S/C18H27BrN2O4/c1-18(2,8-9-22)17(24)20-12-4-6-13(7-5-12)25-15-10-16(23)21(3)11-14(15)19/h10-13,22H,4-9H2,1-3H3,(H,20,24)/t12-,13-. The summed E-state index contributed by atoms with van der Waals surface area (Å²) in [5, 5.41) is 12.2. The fraction of sp³-hybridized carbons (Fsp3) is 0.667. The van der Waals surface area contributed by atoms with Crippen LogP contribution in [-0.2, 0) is 11.8 Å². The van der Waals surface area contributed by atoms with Crippen LogP contribution >= 0.6 is 15.9 Å². The number of aliphatic hydroxyl groups is 1. The molecule has 0 radical (unpaired) electrons. The average molecular weight is 415 g/mol. The highest BCUT2D eigenvalue weighted by Gasteiger charge is 2.31. The van der Waals surface area contributed by atoms with Gasteiger partial charge in [0.15, 0.2) is 0 Å². The van der Waals surface area contributed by atoms with E-state index in [4.69, 9.17) is 9.84 Å².